The monoisotopic (exact) mass is 310 g/mol. The van der Waals surface area contributed by atoms with Crippen molar-refractivity contribution in [2.24, 2.45) is 11.8 Å². The van der Waals surface area contributed by atoms with Gasteiger partial charge in [-0.3, -0.25) is 14.5 Å². The molecule has 1 amide bonds. The minimum atomic E-state index is -0.775. The predicted octanol–water partition coefficient (Wildman–Crippen LogP) is 1.61. The smallest absolute Gasteiger partial charge is 0.306 e. The first-order chi connectivity index (χ1) is 9.97. The first-order valence-electron chi connectivity index (χ1n) is 6.92. The van der Waals surface area contributed by atoms with Gasteiger partial charge in [-0.25, -0.2) is 0 Å². The fraction of sp³-hybridized carbons (Fsp3) is 0.467. The average molecular weight is 311 g/mol. The highest BCUT2D eigenvalue weighted by Gasteiger charge is 2.35. The van der Waals surface area contributed by atoms with Crippen molar-refractivity contribution in [1.82, 2.24) is 10.2 Å². The second-order valence-corrected chi connectivity index (χ2v) is 5.86. The largest absolute Gasteiger partial charge is 0.481 e. The Morgan fingerprint density at radius 1 is 1.43 bits per heavy atom. The lowest BCUT2D eigenvalue weighted by Crippen LogP contribution is -2.53. The minimum absolute atomic E-state index is 0.0728. The summed E-state index contributed by atoms with van der Waals surface area (Å²) in [5.41, 5.74) is 0.883. The van der Waals surface area contributed by atoms with Gasteiger partial charge in [-0.2, -0.15) is 0 Å². The third-order valence-corrected chi connectivity index (χ3v) is 4.25. The molecule has 0 saturated carbocycles. The topological polar surface area (TPSA) is 69.6 Å². The van der Waals surface area contributed by atoms with Crippen LogP contribution in [0.15, 0.2) is 24.3 Å². The summed E-state index contributed by atoms with van der Waals surface area (Å²) >= 11 is 6.02. The Labute approximate surface area is 128 Å². The zero-order valence-electron chi connectivity index (χ0n) is 11.9. The normalized spacial score (nSPS) is 17.0. The van der Waals surface area contributed by atoms with E-state index in [1.807, 2.05) is 23.1 Å². The number of likely N-dealkylation sites (tertiary alicyclic amines) is 1. The van der Waals surface area contributed by atoms with Gasteiger partial charge in [0, 0.05) is 24.7 Å². The van der Waals surface area contributed by atoms with Gasteiger partial charge in [0.1, 0.15) is 0 Å². The van der Waals surface area contributed by atoms with Crippen molar-refractivity contribution in [3.05, 3.63) is 34.9 Å². The molecular weight excluding hydrogens is 292 g/mol. The van der Waals surface area contributed by atoms with Gasteiger partial charge >= 0.3 is 5.97 Å². The SMILES string of the molecule is CC(C(=O)O)C1CN(CC(=O)NCc2ccccc2Cl)C1. The number of carboxylic acids is 1. The van der Waals surface area contributed by atoms with E-state index < -0.39 is 5.97 Å². The Balaban J connectivity index is 1.70. The second-order valence-electron chi connectivity index (χ2n) is 5.45. The molecule has 0 radical (unpaired) electrons. The van der Waals surface area contributed by atoms with E-state index in [0.29, 0.717) is 31.2 Å². The van der Waals surface area contributed by atoms with Crippen LogP contribution < -0.4 is 5.32 Å². The number of nitrogens with zero attached hydrogens (tertiary/aromatic N) is 1. The number of benzene rings is 1. The number of hydrogen-bond donors (Lipinski definition) is 2. The number of aliphatic carboxylic acids is 1. The van der Waals surface area contributed by atoms with E-state index >= 15 is 0 Å². The molecule has 114 valence electrons. The summed E-state index contributed by atoms with van der Waals surface area (Å²) in [6.45, 7) is 3.73. The molecule has 2 rings (SSSR count). The molecule has 6 heteroatoms. The molecule has 1 aromatic rings. The molecule has 0 aliphatic carbocycles. The van der Waals surface area contributed by atoms with Crippen molar-refractivity contribution in [2.75, 3.05) is 19.6 Å². The Morgan fingerprint density at radius 3 is 2.71 bits per heavy atom. The lowest BCUT2D eigenvalue weighted by Gasteiger charge is -2.40. The Morgan fingerprint density at radius 2 is 2.10 bits per heavy atom. The zero-order valence-corrected chi connectivity index (χ0v) is 12.6. The van der Waals surface area contributed by atoms with Crippen LogP contribution in [0.5, 0.6) is 0 Å². The molecule has 1 unspecified atom stereocenters. The summed E-state index contributed by atoms with van der Waals surface area (Å²) in [4.78, 5) is 24.6. The van der Waals surface area contributed by atoms with Crippen LogP contribution >= 0.6 is 11.6 Å². The summed E-state index contributed by atoms with van der Waals surface area (Å²) in [6, 6.07) is 7.38. The summed E-state index contributed by atoms with van der Waals surface area (Å²) < 4.78 is 0. The van der Waals surface area contributed by atoms with Crippen LogP contribution in [0, 0.1) is 11.8 Å². The van der Waals surface area contributed by atoms with Gasteiger partial charge in [0.05, 0.1) is 12.5 Å². The summed E-state index contributed by atoms with van der Waals surface area (Å²) in [5.74, 6) is -1.06. The van der Waals surface area contributed by atoms with Crippen LogP contribution in [-0.2, 0) is 16.1 Å². The molecule has 21 heavy (non-hydrogen) atoms. The van der Waals surface area contributed by atoms with Crippen molar-refractivity contribution in [3.63, 3.8) is 0 Å². The maximum atomic E-state index is 11.8. The number of hydrogen-bond acceptors (Lipinski definition) is 3. The molecule has 1 aromatic carbocycles. The average Bonchev–Trinajstić information content (AvgIpc) is 2.40. The third kappa shape index (κ3) is 4.19. The van der Waals surface area contributed by atoms with Gasteiger partial charge in [-0.1, -0.05) is 36.7 Å². The molecule has 1 saturated heterocycles. The Kier molecular flexibility index (Phi) is 5.20. The van der Waals surface area contributed by atoms with Gasteiger partial charge in [-0.05, 0) is 17.5 Å². The van der Waals surface area contributed by atoms with Gasteiger partial charge in [0.2, 0.25) is 5.91 Å². The maximum absolute atomic E-state index is 11.8. The second kappa shape index (κ2) is 6.91. The van der Waals surface area contributed by atoms with Crippen LogP contribution in [0.1, 0.15) is 12.5 Å². The molecule has 0 bridgehead atoms. The van der Waals surface area contributed by atoms with Crippen molar-refractivity contribution in [3.8, 4) is 0 Å². The van der Waals surface area contributed by atoms with E-state index in [9.17, 15) is 9.59 Å². The van der Waals surface area contributed by atoms with Crippen molar-refractivity contribution in [1.29, 1.82) is 0 Å². The molecule has 1 heterocycles. The molecular formula is C15H19ClN2O3. The number of nitrogens with one attached hydrogen (secondary N) is 1. The first-order valence-corrected chi connectivity index (χ1v) is 7.30. The van der Waals surface area contributed by atoms with Gasteiger partial charge in [-0.15, -0.1) is 0 Å². The molecule has 2 N–H and O–H groups in total. The van der Waals surface area contributed by atoms with E-state index in [0.717, 1.165) is 5.56 Å². The zero-order chi connectivity index (χ0) is 15.4. The fourth-order valence-electron chi connectivity index (χ4n) is 2.35. The van der Waals surface area contributed by atoms with Gasteiger partial charge in [0.25, 0.3) is 0 Å². The molecule has 1 fully saturated rings. The van der Waals surface area contributed by atoms with E-state index in [2.05, 4.69) is 5.32 Å². The summed E-state index contributed by atoms with van der Waals surface area (Å²) in [5, 5.41) is 12.4. The van der Waals surface area contributed by atoms with Gasteiger partial charge in [0.15, 0.2) is 0 Å². The van der Waals surface area contributed by atoms with E-state index in [4.69, 9.17) is 16.7 Å². The van der Waals surface area contributed by atoms with E-state index in [-0.39, 0.29) is 17.7 Å². The lowest BCUT2D eigenvalue weighted by molar-refractivity contribution is -0.145. The third-order valence-electron chi connectivity index (χ3n) is 3.88. The number of amides is 1. The molecule has 0 aromatic heterocycles. The Bertz CT molecular complexity index is 529. The van der Waals surface area contributed by atoms with Crippen molar-refractivity contribution >= 4 is 23.5 Å². The molecule has 1 aliphatic heterocycles. The van der Waals surface area contributed by atoms with Crippen molar-refractivity contribution < 1.29 is 14.7 Å². The minimum Gasteiger partial charge on any atom is -0.481 e. The predicted molar refractivity (Wildman–Crippen MR) is 80.0 cm³/mol. The van der Waals surface area contributed by atoms with Crippen molar-refractivity contribution in [2.45, 2.75) is 13.5 Å². The first kappa shape index (κ1) is 15.8. The Hall–Kier alpha value is -1.59. The fourth-order valence-corrected chi connectivity index (χ4v) is 2.55. The van der Waals surface area contributed by atoms with Gasteiger partial charge < -0.3 is 10.4 Å². The quantitative estimate of drug-likeness (QED) is 0.837. The number of carbonyl (C=O) groups excluding carboxylic acids is 1. The number of rotatable bonds is 6. The van der Waals surface area contributed by atoms with Crippen LogP contribution in [0.4, 0.5) is 0 Å². The molecule has 1 atom stereocenters. The highest BCUT2D eigenvalue weighted by atomic mass is 35.5. The lowest BCUT2D eigenvalue weighted by atomic mass is 9.87. The molecule has 1 aliphatic rings. The highest BCUT2D eigenvalue weighted by molar-refractivity contribution is 6.31. The standard InChI is InChI=1S/C15H19ClN2O3/c1-10(15(20)21)12-7-18(8-12)9-14(19)17-6-11-4-2-3-5-13(11)16/h2-5,10,12H,6-9H2,1H3,(H,17,19)(H,20,21). The van der Waals surface area contributed by atoms with Crippen LogP contribution in [0.3, 0.4) is 0 Å². The summed E-state index contributed by atoms with van der Waals surface area (Å²) in [7, 11) is 0. The highest BCUT2D eigenvalue weighted by Crippen LogP contribution is 2.23. The van der Waals surface area contributed by atoms with E-state index in [1.54, 1.807) is 13.0 Å². The number of halogens is 1. The molecule has 5 nitrogen and oxygen atoms in total. The maximum Gasteiger partial charge on any atom is 0.306 e. The van der Waals surface area contributed by atoms with E-state index in [1.165, 1.54) is 0 Å². The van der Waals surface area contributed by atoms with Crippen LogP contribution in [0.2, 0.25) is 5.02 Å². The number of carbonyl (C=O) groups is 2. The number of carboxylic acid groups (broad SMARTS) is 1. The molecule has 0 spiro atoms. The summed E-state index contributed by atoms with van der Waals surface area (Å²) in [6.07, 6.45) is 0. The van der Waals surface area contributed by atoms with Crippen LogP contribution in [-0.4, -0.2) is 41.5 Å². The van der Waals surface area contributed by atoms with Crippen LogP contribution in [0.25, 0.3) is 0 Å².